The first-order valence-electron chi connectivity index (χ1n) is 4.64. The molecule has 0 saturated carbocycles. The summed E-state index contributed by atoms with van der Waals surface area (Å²) in [6.07, 6.45) is -3.38. The molecule has 1 fully saturated rings. The number of piperidine rings is 1. The zero-order valence-electron chi connectivity index (χ0n) is 8.12. The Hall–Kier alpha value is -1.18. The van der Waals surface area contributed by atoms with Crippen LogP contribution in [-0.4, -0.2) is 28.2 Å². The predicted molar refractivity (Wildman–Crippen MR) is 51.4 cm³/mol. The highest BCUT2D eigenvalue weighted by atomic mass is 32.1. The van der Waals surface area contributed by atoms with E-state index >= 15 is 0 Å². The molecule has 88 valence electrons. The Kier molecular flexibility index (Phi) is 2.83. The van der Waals surface area contributed by atoms with E-state index in [0.29, 0.717) is 30.9 Å². The number of rotatable bonds is 1. The second kappa shape index (κ2) is 4.00. The molecule has 0 aliphatic carbocycles. The van der Waals surface area contributed by atoms with Crippen LogP contribution in [0.5, 0.6) is 0 Å². The second-order valence-electron chi connectivity index (χ2n) is 3.46. The molecule has 1 saturated heterocycles. The minimum Gasteiger partial charge on any atom is -0.340 e. The minimum absolute atomic E-state index is 0.0232. The number of carbonyl (C=O) groups is 1. The van der Waals surface area contributed by atoms with Gasteiger partial charge in [0.25, 0.3) is 0 Å². The average Bonchev–Trinajstić information content (AvgIpc) is 2.65. The van der Waals surface area contributed by atoms with Crippen molar-refractivity contribution in [3.63, 3.8) is 0 Å². The predicted octanol–water partition coefficient (Wildman–Crippen LogP) is 1.73. The van der Waals surface area contributed by atoms with Crippen LogP contribution < -0.4 is 4.90 Å². The van der Waals surface area contributed by atoms with Gasteiger partial charge in [-0.3, -0.25) is 4.79 Å². The van der Waals surface area contributed by atoms with E-state index in [1.165, 1.54) is 0 Å². The summed E-state index contributed by atoms with van der Waals surface area (Å²) in [6.45, 7) is 0.685. The number of aromatic nitrogens is 2. The van der Waals surface area contributed by atoms with E-state index in [1.807, 2.05) is 0 Å². The fourth-order valence-electron chi connectivity index (χ4n) is 1.46. The summed E-state index contributed by atoms with van der Waals surface area (Å²) < 4.78 is 40.0. The van der Waals surface area contributed by atoms with Gasteiger partial charge in [-0.15, -0.1) is 0 Å². The topological polar surface area (TPSA) is 46.1 Å². The van der Waals surface area contributed by atoms with Crippen LogP contribution >= 0.6 is 11.5 Å². The Bertz CT molecular complexity index is 403. The fourth-order valence-corrected chi connectivity index (χ4v) is 2.17. The fraction of sp³-hybridized carbons (Fsp3) is 0.625. The third-order valence-corrected chi connectivity index (χ3v) is 2.97. The lowest BCUT2D eigenvalue weighted by Crippen LogP contribution is -2.35. The van der Waals surface area contributed by atoms with E-state index < -0.39 is 12.0 Å². The molecular formula is C8H8F3N3OS. The number of Topliss-reactive ketones (excluding diaryl/α,β-unsaturated/α-hetero) is 1. The van der Waals surface area contributed by atoms with Gasteiger partial charge in [0, 0.05) is 24.5 Å². The number of hydrogen-bond acceptors (Lipinski definition) is 5. The van der Waals surface area contributed by atoms with Crippen LogP contribution in [0.1, 0.15) is 18.7 Å². The van der Waals surface area contributed by atoms with Gasteiger partial charge in [-0.2, -0.15) is 22.5 Å². The van der Waals surface area contributed by atoms with Crippen molar-refractivity contribution in [1.82, 2.24) is 9.36 Å². The van der Waals surface area contributed by atoms with Crippen LogP contribution in [0.25, 0.3) is 0 Å². The SMILES string of the molecule is O=C1CCCN(c2nc(C(F)(F)F)ns2)C1. The van der Waals surface area contributed by atoms with Crippen molar-refractivity contribution in [2.45, 2.75) is 19.0 Å². The zero-order chi connectivity index (χ0) is 11.8. The summed E-state index contributed by atoms with van der Waals surface area (Å²) in [5.74, 6) is -1.11. The lowest BCUT2D eigenvalue weighted by Gasteiger charge is -2.24. The molecule has 0 unspecified atom stereocenters. The van der Waals surface area contributed by atoms with Gasteiger partial charge >= 0.3 is 6.18 Å². The zero-order valence-corrected chi connectivity index (χ0v) is 8.94. The van der Waals surface area contributed by atoms with Gasteiger partial charge in [0.15, 0.2) is 5.78 Å². The van der Waals surface area contributed by atoms with Crippen molar-refractivity contribution in [2.75, 3.05) is 18.0 Å². The van der Waals surface area contributed by atoms with Crippen molar-refractivity contribution >= 4 is 22.4 Å². The van der Waals surface area contributed by atoms with Gasteiger partial charge in [0.2, 0.25) is 11.0 Å². The maximum Gasteiger partial charge on any atom is 0.452 e. The van der Waals surface area contributed by atoms with E-state index in [1.54, 1.807) is 4.90 Å². The molecule has 2 rings (SSSR count). The molecule has 1 aliphatic rings. The Balaban J connectivity index is 2.15. The number of halogens is 3. The maximum absolute atomic E-state index is 12.2. The first kappa shape index (κ1) is 11.3. The standard InChI is InChI=1S/C8H8F3N3OS/c9-8(10,11)6-12-7(16-13-6)14-3-1-2-5(15)4-14/h1-4H2. The normalized spacial score (nSPS) is 17.9. The van der Waals surface area contributed by atoms with E-state index in [-0.39, 0.29) is 17.5 Å². The van der Waals surface area contributed by atoms with E-state index in [0.717, 1.165) is 0 Å². The van der Waals surface area contributed by atoms with E-state index in [4.69, 9.17) is 0 Å². The highest BCUT2D eigenvalue weighted by molar-refractivity contribution is 7.09. The number of carbonyl (C=O) groups excluding carboxylic acids is 1. The molecule has 0 atom stereocenters. The first-order chi connectivity index (χ1) is 7.47. The Labute approximate surface area is 93.3 Å². The molecule has 0 amide bonds. The van der Waals surface area contributed by atoms with Crippen LogP contribution in [0.15, 0.2) is 0 Å². The van der Waals surface area contributed by atoms with Crippen molar-refractivity contribution in [3.05, 3.63) is 5.82 Å². The molecule has 0 N–H and O–H groups in total. The van der Waals surface area contributed by atoms with Gasteiger partial charge in [-0.25, -0.2) is 0 Å². The highest BCUT2D eigenvalue weighted by Crippen LogP contribution is 2.30. The number of ketones is 1. The number of nitrogens with zero attached hydrogens (tertiary/aromatic N) is 3. The van der Waals surface area contributed by atoms with E-state index in [2.05, 4.69) is 9.36 Å². The molecule has 16 heavy (non-hydrogen) atoms. The summed E-state index contributed by atoms with van der Waals surface area (Å²) in [4.78, 5) is 16.1. The van der Waals surface area contributed by atoms with Crippen molar-refractivity contribution < 1.29 is 18.0 Å². The molecule has 0 radical (unpaired) electrons. The van der Waals surface area contributed by atoms with Crippen molar-refractivity contribution in [3.8, 4) is 0 Å². The van der Waals surface area contributed by atoms with Crippen LogP contribution in [0.3, 0.4) is 0 Å². The quantitative estimate of drug-likeness (QED) is 0.762. The lowest BCUT2D eigenvalue weighted by atomic mass is 10.1. The monoisotopic (exact) mass is 251 g/mol. The molecule has 0 aromatic carbocycles. The van der Waals surface area contributed by atoms with Crippen molar-refractivity contribution in [2.24, 2.45) is 0 Å². The smallest absolute Gasteiger partial charge is 0.340 e. The van der Waals surface area contributed by atoms with Gasteiger partial charge in [-0.1, -0.05) is 0 Å². The number of anilines is 1. The second-order valence-corrected chi connectivity index (χ2v) is 4.19. The maximum atomic E-state index is 12.2. The van der Waals surface area contributed by atoms with E-state index in [9.17, 15) is 18.0 Å². The largest absolute Gasteiger partial charge is 0.452 e. The summed E-state index contributed by atoms with van der Waals surface area (Å²) in [7, 11) is 0. The molecule has 4 nitrogen and oxygen atoms in total. The summed E-state index contributed by atoms with van der Waals surface area (Å²) >= 11 is 0.678. The molecule has 8 heteroatoms. The van der Waals surface area contributed by atoms with Crippen LogP contribution in [0.4, 0.5) is 18.3 Å². The van der Waals surface area contributed by atoms with Crippen LogP contribution in [0, 0.1) is 0 Å². The molecule has 1 aromatic heterocycles. The molecule has 1 aliphatic heterocycles. The van der Waals surface area contributed by atoms with Gasteiger partial charge < -0.3 is 4.90 Å². The first-order valence-corrected chi connectivity index (χ1v) is 5.42. The van der Waals surface area contributed by atoms with Crippen LogP contribution in [-0.2, 0) is 11.0 Å². The third-order valence-electron chi connectivity index (χ3n) is 2.19. The summed E-state index contributed by atoms with van der Waals surface area (Å²) in [5.41, 5.74) is 0. The van der Waals surface area contributed by atoms with Crippen LogP contribution in [0.2, 0.25) is 0 Å². The Morgan fingerprint density at radius 1 is 1.38 bits per heavy atom. The summed E-state index contributed by atoms with van der Waals surface area (Å²) in [5, 5.41) is 0.167. The van der Waals surface area contributed by atoms with Crippen molar-refractivity contribution in [1.29, 1.82) is 0 Å². The van der Waals surface area contributed by atoms with Gasteiger partial charge in [0.05, 0.1) is 6.54 Å². The average molecular weight is 251 g/mol. The minimum atomic E-state index is -4.52. The molecule has 2 heterocycles. The number of hydrogen-bond donors (Lipinski definition) is 0. The van der Waals surface area contributed by atoms with Gasteiger partial charge in [0.1, 0.15) is 0 Å². The Morgan fingerprint density at radius 2 is 2.12 bits per heavy atom. The Morgan fingerprint density at radius 3 is 2.69 bits per heavy atom. The highest BCUT2D eigenvalue weighted by Gasteiger charge is 2.36. The van der Waals surface area contributed by atoms with Gasteiger partial charge in [-0.05, 0) is 6.42 Å². The molecule has 1 aromatic rings. The summed E-state index contributed by atoms with van der Waals surface area (Å²) in [6, 6.07) is 0. The number of alkyl halides is 3. The third kappa shape index (κ3) is 2.31. The molecular weight excluding hydrogens is 243 g/mol. The molecule has 0 bridgehead atoms. The lowest BCUT2D eigenvalue weighted by molar-refractivity contribution is -0.144. The molecule has 0 spiro atoms.